The van der Waals surface area contributed by atoms with Gasteiger partial charge < -0.3 is 15.8 Å². The average molecular weight is 271 g/mol. The lowest BCUT2D eigenvalue weighted by molar-refractivity contribution is 0.318. The van der Waals surface area contributed by atoms with Crippen LogP contribution in [0.1, 0.15) is 25.3 Å². The highest BCUT2D eigenvalue weighted by molar-refractivity contribution is 6.11. The lowest BCUT2D eigenvalue weighted by atomic mass is 10.0. The Bertz CT molecular complexity index is 622. The van der Waals surface area contributed by atoms with E-state index in [2.05, 4.69) is 30.1 Å². The van der Waals surface area contributed by atoms with E-state index >= 15 is 0 Å². The van der Waals surface area contributed by atoms with E-state index < -0.39 is 0 Å². The van der Waals surface area contributed by atoms with Gasteiger partial charge in [0.15, 0.2) is 5.84 Å². The third-order valence-electron chi connectivity index (χ3n) is 3.54. The Morgan fingerprint density at radius 1 is 1.20 bits per heavy atom. The van der Waals surface area contributed by atoms with Crippen molar-refractivity contribution in [1.82, 2.24) is 0 Å². The quantitative estimate of drug-likeness (QED) is 0.380. The summed E-state index contributed by atoms with van der Waals surface area (Å²) in [6.07, 6.45) is 2.33. The molecule has 0 heterocycles. The van der Waals surface area contributed by atoms with Crippen molar-refractivity contribution in [2.24, 2.45) is 10.9 Å². The maximum atomic E-state index is 8.89. The lowest BCUT2D eigenvalue weighted by Crippen LogP contribution is -2.19. The van der Waals surface area contributed by atoms with E-state index in [-0.39, 0.29) is 5.84 Å². The number of unbranched alkanes of at least 4 members (excludes halogenated alkanes) is 1. The van der Waals surface area contributed by atoms with Crippen molar-refractivity contribution >= 4 is 22.3 Å². The molecular weight excluding hydrogens is 250 g/mol. The molecule has 0 spiro atoms. The van der Waals surface area contributed by atoms with Crippen LogP contribution in [0.2, 0.25) is 0 Å². The maximum Gasteiger partial charge on any atom is 0.170 e. The Balaban J connectivity index is 2.54. The van der Waals surface area contributed by atoms with Crippen molar-refractivity contribution in [2.45, 2.75) is 19.8 Å². The minimum absolute atomic E-state index is 0.143. The number of oxime groups is 1. The fourth-order valence-electron chi connectivity index (χ4n) is 2.41. The largest absolute Gasteiger partial charge is 0.409 e. The Kier molecular flexibility index (Phi) is 4.45. The van der Waals surface area contributed by atoms with Crippen molar-refractivity contribution in [1.29, 1.82) is 0 Å². The number of anilines is 1. The molecule has 0 atom stereocenters. The Hall–Kier alpha value is -2.23. The van der Waals surface area contributed by atoms with Gasteiger partial charge in [-0.15, -0.1) is 0 Å². The molecule has 0 bridgehead atoms. The first-order chi connectivity index (χ1) is 9.69. The smallest absolute Gasteiger partial charge is 0.170 e. The van der Waals surface area contributed by atoms with Crippen LogP contribution in [-0.2, 0) is 0 Å². The number of hydrogen-bond acceptors (Lipinski definition) is 3. The zero-order valence-corrected chi connectivity index (χ0v) is 12.0. The molecule has 0 aliphatic rings. The van der Waals surface area contributed by atoms with Crippen molar-refractivity contribution in [2.75, 3.05) is 18.5 Å². The van der Waals surface area contributed by atoms with Gasteiger partial charge in [0.05, 0.1) is 0 Å². The molecule has 0 amide bonds. The number of fused-ring (bicyclic) bond motifs is 1. The zero-order chi connectivity index (χ0) is 14.5. The third-order valence-corrected chi connectivity index (χ3v) is 3.54. The summed E-state index contributed by atoms with van der Waals surface area (Å²) in [5.41, 5.74) is 7.68. The number of amidine groups is 1. The first-order valence-electron chi connectivity index (χ1n) is 6.89. The maximum absolute atomic E-state index is 8.89. The minimum atomic E-state index is 0.143. The number of hydrogen-bond donors (Lipinski definition) is 2. The highest BCUT2D eigenvalue weighted by atomic mass is 16.4. The number of benzene rings is 2. The van der Waals surface area contributed by atoms with Crippen LogP contribution >= 0.6 is 0 Å². The zero-order valence-electron chi connectivity index (χ0n) is 12.0. The summed E-state index contributed by atoms with van der Waals surface area (Å²) >= 11 is 0. The molecule has 2 aromatic carbocycles. The Morgan fingerprint density at radius 2 is 1.90 bits per heavy atom. The molecule has 3 N–H and O–H groups in total. The molecule has 2 aromatic rings. The fraction of sp³-hybridized carbons (Fsp3) is 0.312. The van der Waals surface area contributed by atoms with Gasteiger partial charge >= 0.3 is 0 Å². The van der Waals surface area contributed by atoms with Gasteiger partial charge in [-0.25, -0.2) is 0 Å². The van der Waals surface area contributed by atoms with Crippen molar-refractivity contribution in [3.8, 4) is 0 Å². The molecule has 20 heavy (non-hydrogen) atoms. The second kappa shape index (κ2) is 6.28. The molecule has 0 saturated carbocycles. The predicted molar refractivity (Wildman–Crippen MR) is 84.6 cm³/mol. The normalized spacial score (nSPS) is 11.8. The first-order valence-corrected chi connectivity index (χ1v) is 6.89. The van der Waals surface area contributed by atoms with Crippen LogP contribution in [0.4, 0.5) is 5.69 Å². The van der Waals surface area contributed by atoms with Gasteiger partial charge in [0.1, 0.15) is 0 Å². The van der Waals surface area contributed by atoms with Gasteiger partial charge in [-0.2, -0.15) is 0 Å². The SMILES string of the molecule is CCCCN(C)c1ccc(/C(N)=N/O)c2ccccc12. The lowest BCUT2D eigenvalue weighted by Gasteiger charge is -2.22. The summed E-state index contributed by atoms with van der Waals surface area (Å²) in [6, 6.07) is 12.0. The molecule has 4 nitrogen and oxygen atoms in total. The van der Waals surface area contributed by atoms with E-state index in [0.29, 0.717) is 0 Å². The summed E-state index contributed by atoms with van der Waals surface area (Å²) in [6.45, 7) is 3.21. The second-order valence-electron chi connectivity index (χ2n) is 4.94. The van der Waals surface area contributed by atoms with Crippen LogP contribution in [0, 0.1) is 0 Å². The van der Waals surface area contributed by atoms with Gasteiger partial charge in [-0.05, 0) is 23.9 Å². The van der Waals surface area contributed by atoms with Crippen LogP contribution in [0.25, 0.3) is 10.8 Å². The van der Waals surface area contributed by atoms with E-state index in [0.717, 1.165) is 29.3 Å². The summed E-state index contributed by atoms with van der Waals surface area (Å²) in [7, 11) is 2.10. The highest BCUT2D eigenvalue weighted by Crippen LogP contribution is 2.29. The average Bonchev–Trinajstić information content (AvgIpc) is 2.50. The van der Waals surface area contributed by atoms with Crippen molar-refractivity contribution in [3.63, 3.8) is 0 Å². The Morgan fingerprint density at radius 3 is 2.55 bits per heavy atom. The fourth-order valence-corrected chi connectivity index (χ4v) is 2.41. The van der Waals surface area contributed by atoms with E-state index in [1.807, 2.05) is 30.3 Å². The van der Waals surface area contributed by atoms with Crippen molar-refractivity contribution in [3.05, 3.63) is 42.0 Å². The van der Waals surface area contributed by atoms with Gasteiger partial charge in [0.2, 0.25) is 0 Å². The van der Waals surface area contributed by atoms with Crippen LogP contribution in [0.15, 0.2) is 41.6 Å². The molecule has 0 radical (unpaired) electrons. The molecular formula is C16H21N3O. The van der Waals surface area contributed by atoms with Gasteiger partial charge in [0.25, 0.3) is 0 Å². The van der Waals surface area contributed by atoms with Gasteiger partial charge in [-0.3, -0.25) is 0 Å². The molecule has 0 aliphatic carbocycles. The molecule has 0 fully saturated rings. The number of nitrogens with two attached hydrogens (primary N) is 1. The molecule has 2 rings (SSSR count). The molecule has 0 unspecified atom stereocenters. The van der Waals surface area contributed by atoms with Crippen molar-refractivity contribution < 1.29 is 5.21 Å². The van der Waals surface area contributed by atoms with Gasteiger partial charge in [0, 0.05) is 30.2 Å². The van der Waals surface area contributed by atoms with Gasteiger partial charge in [-0.1, -0.05) is 42.8 Å². The molecule has 4 heteroatoms. The number of nitrogens with zero attached hydrogens (tertiary/aromatic N) is 2. The van der Waals surface area contributed by atoms with Crippen LogP contribution in [0.5, 0.6) is 0 Å². The summed E-state index contributed by atoms with van der Waals surface area (Å²) in [4.78, 5) is 2.25. The standard InChI is InChI=1S/C16H21N3O/c1-3-4-11-19(2)15-10-9-14(16(17)18-20)12-7-5-6-8-13(12)15/h5-10,20H,3-4,11H2,1-2H3,(H2,17,18). The van der Waals surface area contributed by atoms with E-state index in [1.54, 1.807) is 0 Å². The first kappa shape index (κ1) is 14.2. The summed E-state index contributed by atoms with van der Waals surface area (Å²) < 4.78 is 0. The summed E-state index contributed by atoms with van der Waals surface area (Å²) in [5.74, 6) is 0.143. The van der Waals surface area contributed by atoms with Crippen LogP contribution in [-0.4, -0.2) is 24.6 Å². The summed E-state index contributed by atoms with van der Waals surface area (Å²) in [5, 5.41) is 14.1. The number of rotatable bonds is 5. The van der Waals surface area contributed by atoms with E-state index in [9.17, 15) is 0 Å². The minimum Gasteiger partial charge on any atom is -0.409 e. The molecule has 0 aromatic heterocycles. The van der Waals surface area contributed by atoms with E-state index in [1.165, 1.54) is 12.1 Å². The Labute approximate surface area is 119 Å². The second-order valence-corrected chi connectivity index (χ2v) is 4.94. The highest BCUT2D eigenvalue weighted by Gasteiger charge is 2.11. The van der Waals surface area contributed by atoms with E-state index in [4.69, 9.17) is 10.9 Å². The molecule has 0 saturated heterocycles. The topological polar surface area (TPSA) is 61.8 Å². The van der Waals surface area contributed by atoms with Crippen LogP contribution in [0.3, 0.4) is 0 Å². The predicted octanol–water partition coefficient (Wildman–Crippen LogP) is 3.17. The molecule has 0 aliphatic heterocycles. The molecule has 106 valence electrons. The third kappa shape index (κ3) is 2.69. The monoisotopic (exact) mass is 271 g/mol. The van der Waals surface area contributed by atoms with Crippen LogP contribution < -0.4 is 10.6 Å².